The molecule has 2 saturated heterocycles. The number of hydrogen-bond acceptors (Lipinski definition) is 4. The van der Waals surface area contributed by atoms with Crippen LogP contribution in [0.25, 0.3) is 0 Å². The second-order valence-electron chi connectivity index (χ2n) is 5.96. The van der Waals surface area contributed by atoms with Gasteiger partial charge in [-0.3, -0.25) is 10.2 Å². The van der Waals surface area contributed by atoms with E-state index in [1.807, 2.05) is 24.5 Å². The van der Waals surface area contributed by atoms with Gasteiger partial charge in [-0.25, -0.2) is 0 Å². The van der Waals surface area contributed by atoms with Crippen molar-refractivity contribution in [1.29, 1.82) is 0 Å². The summed E-state index contributed by atoms with van der Waals surface area (Å²) in [7, 11) is 0. The monoisotopic (exact) mass is 302 g/mol. The fourth-order valence-electron chi connectivity index (χ4n) is 3.10. The number of anilines is 2. The first kappa shape index (κ1) is 14.9. The van der Waals surface area contributed by atoms with E-state index in [9.17, 15) is 0 Å². The number of rotatable bonds is 2. The van der Waals surface area contributed by atoms with E-state index in [1.54, 1.807) is 0 Å². The van der Waals surface area contributed by atoms with E-state index in [0.29, 0.717) is 0 Å². The Morgan fingerprint density at radius 3 is 1.36 bits per heavy atom. The Bertz CT molecular complexity index is 446. The van der Waals surface area contributed by atoms with Crippen LogP contribution in [-0.4, -0.2) is 46.6 Å². The standard InChI is InChI=1S/2C8H13N3/c2*1-2-6-11(7-3-1)8-4-5-9-10-8/h2*4-5H,1-3,6-7H2,(H,9,10). The highest BCUT2D eigenvalue weighted by Crippen LogP contribution is 2.16. The van der Waals surface area contributed by atoms with Gasteiger partial charge in [0.1, 0.15) is 11.6 Å². The number of H-pyrrole nitrogens is 2. The van der Waals surface area contributed by atoms with Gasteiger partial charge in [-0.2, -0.15) is 10.2 Å². The van der Waals surface area contributed by atoms with Crippen LogP contribution in [0.3, 0.4) is 0 Å². The van der Waals surface area contributed by atoms with Crippen LogP contribution in [0, 0.1) is 0 Å². The Morgan fingerprint density at radius 2 is 1.05 bits per heavy atom. The van der Waals surface area contributed by atoms with Crippen LogP contribution in [0.2, 0.25) is 0 Å². The van der Waals surface area contributed by atoms with Gasteiger partial charge >= 0.3 is 0 Å². The summed E-state index contributed by atoms with van der Waals surface area (Å²) in [4.78, 5) is 4.67. The summed E-state index contributed by atoms with van der Waals surface area (Å²) in [5, 5.41) is 14.0. The highest BCUT2D eigenvalue weighted by Gasteiger charge is 2.12. The molecule has 2 fully saturated rings. The molecule has 2 aliphatic rings. The summed E-state index contributed by atoms with van der Waals surface area (Å²) in [5.74, 6) is 2.20. The molecule has 6 heteroatoms. The van der Waals surface area contributed by atoms with E-state index in [0.717, 1.165) is 11.6 Å². The topological polar surface area (TPSA) is 63.8 Å². The lowest BCUT2D eigenvalue weighted by molar-refractivity contribution is 0.573. The Balaban J connectivity index is 0.000000131. The summed E-state index contributed by atoms with van der Waals surface area (Å²) in [6, 6.07) is 4.07. The maximum atomic E-state index is 4.14. The highest BCUT2D eigenvalue weighted by atomic mass is 15.3. The lowest BCUT2D eigenvalue weighted by Crippen LogP contribution is -2.29. The predicted molar refractivity (Wildman–Crippen MR) is 89.3 cm³/mol. The third kappa shape index (κ3) is 4.02. The molecule has 0 spiro atoms. The Morgan fingerprint density at radius 1 is 0.636 bits per heavy atom. The zero-order valence-electron chi connectivity index (χ0n) is 13.2. The van der Waals surface area contributed by atoms with Crippen LogP contribution in [0.15, 0.2) is 24.5 Å². The molecule has 2 aliphatic heterocycles. The van der Waals surface area contributed by atoms with Crippen LogP contribution in [0.4, 0.5) is 11.6 Å². The van der Waals surface area contributed by atoms with Crippen molar-refractivity contribution < 1.29 is 0 Å². The zero-order chi connectivity index (χ0) is 15.0. The Kier molecular flexibility index (Phi) is 5.34. The van der Waals surface area contributed by atoms with Crippen molar-refractivity contribution in [2.45, 2.75) is 38.5 Å². The molecule has 0 radical (unpaired) electrons. The maximum Gasteiger partial charge on any atom is 0.150 e. The number of hydrogen-bond donors (Lipinski definition) is 2. The highest BCUT2D eigenvalue weighted by molar-refractivity contribution is 5.37. The van der Waals surface area contributed by atoms with Gasteiger partial charge in [0, 0.05) is 50.7 Å². The molecule has 0 bridgehead atoms. The van der Waals surface area contributed by atoms with Gasteiger partial charge in [0.25, 0.3) is 0 Å². The fourth-order valence-corrected chi connectivity index (χ4v) is 3.10. The van der Waals surface area contributed by atoms with Gasteiger partial charge in [0.05, 0.1) is 0 Å². The molecule has 0 unspecified atom stereocenters. The molecule has 0 aromatic carbocycles. The molecule has 0 aliphatic carbocycles. The van der Waals surface area contributed by atoms with E-state index in [1.165, 1.54) is 64.7 Å². The van der Waals surface area contributed by atoms with E-state index in [4.69, 9.17) is 0 Å². The van der Waals surface area contributed by atoms with Crippen LogP contribution in [0.1, 0.15) is 38.5 Å². The van der Waals surface area contributed by atoms with Crippen molar-refractivity contribution in [3.63, 3.8) is 0 Å². The molecular weight excluding hydrogens is 276 g/mol. The van der Waals surface area contributed by atoms with E-state index >= 15 is 0 Å². The molecule has 0 atom stereocenters. The first-order valence-electron chi connectivity index (χ1n) is 8.43. The fraction of sp³-hybridized carbons (Fsp3) is 0.625. The molecule has 0 saturated carbocycles. The van der Waals surface area contributed by atoms with Crippen LogP contribution < -0.4 is 9.80 Å². The first-order valence-corrected chi connectivity index (χ1v) is 8.43. The van der Waals surface area contributed by atoms with Crippen LogP contribution >= 0.6 is 0 Å². The number of nitrogens with one attached hydrogen (secondary N) is 2. The smallest absolute Gasteiger partial charge is 0.150 e. The van der Waals surface area contributed by atoms with Crippen molar-refractivity contribution in [1.82, 2.24) is 20.4 Å². The van der Waals surface area contributed by atoms with Crippen molar-refractivity contribution in [2.75, 3.05) is 36.0 Å². The average molecular weight is 302 g/mol. The molecule has 2 aromatic heterocycles. The first-order chi connectivity index (χ1) is 10.9. The van der Waals surface area contributed by atoms with Crippen LogP contribution in [0.5, 0.6) is 0 Å². The Hall–Kier alpha value is -1.98. The third-order valence-corrected chi connectivity index (χ3v) is 4.33. The average Bonchev–Trinajstić information content (AvgIpc) is 3.31. The van der Waals surface area contributed by atoms with E-state index < -0.39 is 0 Å². The van der Waals surface area contributed by atoms with Crippen molar-refractivity contribution >= 4 is 11.6 Å². The quantitative estimate of drug-likeness (QED) is 0.895. The maximum absolute atomic E-state index is 4.14. The molecule has 4 rings (SSSR count). The summed E-state index contributed by atoms with van der Waals surface area (Å²) in [5.41, 5.74) is 0. The largest absolute Gasteiger partial charge is 0.355 e. The van der Waals surface area contributed by atoms with E-state index in [-0.39, 0.29) is 0 Å². The number of piperidine rings is 2. The molecule has 0 amide bonds. The number of aromatic amines is 2. The van der Waals surface area contributed by atoms with Gasteiger partial charge in [0.15, 0.2) is 0 Å². The molecular formula is C16H26N6. The van der Waals surface area contributed by atoms with Crippen LogP contribution in [-0.2, 0) is 0 Å². The molecule has 22 heavy (non-hydrogen) atoms. The van der Waals surface area contributed by atoms with Crippen molar-refractivity contribution in [3.05, 3.63) is 24.5 Å². The summed E-state index contributed by atoms with van der Waals surface area (Å²) < 4.78 is 0. The minimum Gasteiger partial charge on any atom is -0.355 e. The number of nitrogens with zero attached hydrogens (tertiary/aromatic N) is 4. The van der Waals surface area contributed by atoms with Gasteiger partial charge in [0.2, 0.25) is 0 Å². The van der Waals surface area contributed by atoms with Crippen molar-refractivity contribution in [2.24, 2.45) is 0 Å². The predicted octanol–water partition coefficient (Wildman–Crippen LogP) is 2.80. The third-order valence-electron chi connectivity index (χ3n) is 4.33. The van der Waals surface area contributed by atoms with Gasteiger partial charge in [-0.05, 0) is 38.5 Å². The van der Waals surface area contributed by atoms with Gasteiger partial charge in [-0.15, -0.1) is 0 Å². The zero-order valence-corrected chi connectivity index (χ0v) is 13.2. The minimum absolute atomic E-state index is 1.10. The second-order valence-corrected chi connectivity index (χ2v) is 5.96. The van der Waals surface area contributed by atoms with Gasteiger partial charge < -0.3 is 9.80 Å². The second kappa shape index (κ2) is 7.87. The summed E-state index contributed by atoms with van der Waals surface area (Å²) >= 11 is 0. The SMILES string of the molecule is c1cc(N2CCCCC2)n[nH]1.c1cc(N2CCCCC2)n[nH]1. The lowest BCUT2D eigenvalue weighted by Gasteiger charge is -2.26. The summed E-state index contributed by atoms with van der Waals surface area (Å²) in [6.45, 7) is 4.69. The van der Waals surface area contributed by atoms with Gasteiger partial charge in [-0.1, -0.05) is 0 Å². The normalized spacial score (nSPS) is 18.7. The Labute approximate surface area is 131 Å². The molecule has 2 aromatic rings. The molecule has 6 nitrogen and oxygen atoms in total. The molecule has 120 valence electrons. The van der Waals surface area contributed by atoms with E-state index in [2.05, 4.69) is 30.2 Å². The molecule has 2 N–H and O–H groups in total. The van der Waals surface area contributed by atoms with Crippen molar-refractivity contribution in [3.8, 4) is 0 Å². The summed E-state index contributed by atoms with van der Waals surface area (Å²) in [6.07, 6.45) is 11.8. The molecule has 4 heterocycles. The lowest BCUT2D eigenvalue weighted by atomic mass is 10.1. The minimum atomic E-state index is 1.10. The number of aromatic nitrogens is 4.